The number of anilines is 1. The zero-order chi connectivity index (χ0) is 13.1. The van der Waals surface area contributed by atoms with Gasteiger partial charge in [-0.25, -0.2) is 0 Å². The molecule has 0 spiro atoms. The van der Waals surface area contributed by atoms with E-state index in [1.807, 2.05) is 35.1 Å². The normalized spacial score (nSPS) is 13.3. The summed E-state index contributed by atoms with van der Waals surface area (Å²) in [5, 5.41) is 7.62. The first-order valence-electron chi connectivity index (χ1n) is 6.51. The highest BCUT2D eigenvalue weighted by molar-refractivity contribution is 5.55. The van der Waals surface area contributed by atoms with Crippen molar-refractivity contribution in [3.05, 3.63) is 36.2 Å². The molecule has 0 unspecified atom stereocenters. The molecule has 0 radical (unpaired) electrons. The quantitative estimate of drug-likeness (QED) is 0.915. The number of nitrogens with zero attached hydrogens (tertiary/aromatic N) is 2. The van der Waals surface area contributed by atoms with Crippen molar-refractivity contribution in [2.45, 2.75) is 20.0 Å². The van der Waals surface area contributed by atoms with E-state index >= 15 is 0 Å². The molecule has 0 amide bonds. The molecule has 0 saturated heterocycles. The molecule has 1 aromatic carbocycles. The molecule has 5 nitrogen and oxygen atoms in total. The molecule has 100 valence electrons. The Morgan fingerprint density at radius 3 is 2.89 bits per heavy atom. The number of aromatic nitrogens is 2. The van der Waals surface area contributed by atoms with Crippen LogP contribution < -0.4 is 14.8 Å². The molecule has 0 aliphatic carbocycles. The van der Waals surface area contributed by atoms with Crippen molar-refractivity contribution >= 4 is 5.69 Å². The van der Waals surface area contributed by atoms with E-state index in [1.165, 1.54) is 0 Å². The van der Waals surface area contributed by atoms with Gasteiger partial charge in [0, 0.05) is 24.5 Å². The summed E-state index contributed by atoms with van der Waals surface area (Å²) in [6, 6.07) is 7.93. The van der Waals surface area contributed by atoms with E-state index in [1.54, 1.807) is 0 Å². The van der Waals surface area contributed by atoms with Crippen LogP contribution in [0, 0.1) is 0 Å². The average Bonchev–Trinajstić information content (AvgIpc) is 2.92. The molecule has 3 rings (SSSR count). The van der Waals surface area contributed by atoms with Crippen LogP contribution in [-0.4, -0.2) is 23.0 Å². The Labute approximate surface area is 112 Å². The van der Waals surface area contributed by atoms with Crippen LogP contribution in [0.1, 0.15) is 12.6 Å². The highest BCUT2D eigenvalue weighted by atomic mass is 16.6. The number of nitrogens with one attached hydrogen (secondary N) is 1. The minimum atomic E-state index is 0.610. The molecule has 0 bridgehead atoms. The summed E-state index contributed by atoms with van der Waals surface area (Å²) < 4.78 is 13.0. The van der Waals surface area contributed by atoms with Crippen LogP contribution in [0.5, 0.6) is 11.5 Å². The van der Waals surface area contributed by atoms with Crippen molar-refractivity contribution in [1.82, 2.24) is 9.78 Å². The highest BCUT2D eigenvalue weighted by Crippen LogP contribution is 2.32. The smallest absolute Gasteiger partial charge is 0.163 e. The number of fused-ring (bicyclic) bond motifs is 1. The molecular weight excluding hydrogens is 242 g/mol. The molecule has 2 aromatic rings. The van der Waals surface area contributed by atoms with Gasteiger partial charge in [-0.05, 0) is 25.1 Å². The van der Waals surface area contributed by atoms with Crippen molar-refractivity contribution in [2.24, 2.45) is 0 Å². The summed E-state index contributed by atoms with van der Waals surface area (Å²) in [7, 11) is 0. The van der Waals surface area contributed by atoms with Gasteiger partial charge < -0.3 is 14.8 Å². The minimum absolute atomic E-state index is 0.610. The minimum Gasteiger partial charge on any atom is -0.486 e. The monoisotopic (exact) mass is 259 g/mol. The van der Waals surface area contributed by atoms with E-state index in [9.17, 15) is 0 Å². The summed E-state index contributed by atoms with van der Waals surface area (Å²) >= 11 is 0. The Hall–Kier alpha value is -2.17. The van der Waals surface area contributed by atoms with Crippen molar-refractivity contribution in [3.8, 4) is 11.5 Å². The van der Waals surface area contributed by atoms with Gasteiger partial charge in [0.05, 0.1) is 12.2 Å². The largest absolute Gasteiger partial charge is 0.486 e. The van der Waals surface area contributed by atoms with Crippen LogP contribution in [0.25, 0.3) is 0 Å². The molecule has 0 saturated carbocycles. The summed E-state index contributed by atoms with van der Waals surface area (Å²) in [5.74, 6) is 1.62. The zero-order valence-corrected chi connectivity index (χ0v) is 10.9. The number of rotatable bonds is 4. The SMILES string of the molecule is CCn1nccc1CNc1ccc2c(c1)OCCO2. The molecule has 0 atom stereocenters. The second kappa shape index (κ2) is 5.22. The van der Waals surface area contributed by atoms with Gasteiger partial charge in [0.25, 0.3) is 0 Å². The Kier molecular flexibility index (Phi) is 3.27. The average molecular weight is 259 g/mol. The lowest BCUT2D eigenvalue weighted by Gasteiger charge is -2.19. The summed E-state index contributed by atoms with van der Waals surface area (Å²) in [6.45, 7) is 4.94. The fraction of sp³-hybridized carbons (Fsp3) is 0.357. The summed E-state index contributed by atoms with van der Waals surface area (Å²) in [6.07, 6.45) is 1.82. The molecule has 1 aromatic heterocycles. The fourth-order valence-corrected chi connectivity index (χ4v) is 2.14. The van der Waals surface area contributed by atoms with Gasteiger partial charge >= 0.3 is 0 Å². The second-order valence-corrected chi connectivity index (χ2v) is 4.35. The molecule has 1 N–H and O–H groups in total. The third kappa shape index (κ3) is 2.50. The van der Waals surface area contributed by atoms with Gasteiger partial charge in [-0.3, -0.25) is 4.68 Å². The predicted octanol–water partition coefficient (Wildman–Crippen LogP) is 2.29. The van der Waals surface area contributed by atoms with Crippen LogP contribution in [-0.2, 0) is 13.1 Å². The standard InChI is InChI=1S/C14H17N3O2/c1-2-17-12(5-6-16-17)10-15-11-3-4-13-14(9-11)19-8-7-18-13/h3-6,9,15H,2,7-8,10H2,1H3. The van der Waals surface area contributed by atoms with E-state index in [2.05, 4.69) is 17.3 Å². The van der Waals surface area contributed by atoms with Gasteiger partial charge in [-0.2, -0.15) is 5.10 Å². The zero-order valence-electron chi connectivity index (χ0n) is 10.9. The molecule has 2 heterocycles. The summed E-state index contributed by atoms with van der Waals surface area (Å²) in [4.78, 5) is 0. The van der Waals surface area contributed by atoms with Crippen LogP contribution in [0.3, 0.4) is 0 Å². The lowest BCUT2D eigenvalue weighted by molar-refractivity contribution is 0.171. The van der Waals surface area contributed by atoms with Crippen molar-refractivity contribution in [1.29, 1.82) is 0 Å². The van der Waals surface area contributed by atoms with Crippen molar-refractivity contribution < 1.29 is 9.47 Å². The van der Waals surface area contributed by atoms with Gasteiger partial charge in [0.2, 0.25) is 0 Å². The predicted molar refractivity (Wildman–Crippen MR) is 72.7 cm³/mol. The molecule has 1 aliphatic heterocycles. The maximum absolute atomic E-state index is 5.56. The number of hydrogen-bond donors (Lipinski definition) is 1. The lowest BCUT2D eigenvalue weighted by Crippen LogP contribution is -2.15. The van der Waals surface area contributed by atoms with E-state index in [4.69, 9.17) is 9.47 Å². The van der Waals surface area contributed by atoms with Crippen molar-refractivity contribution in [2.75, 3.05) is 18.5 Å². The maximum atomic E-state index is 5.56. The highest BCUT2D eigenvalue weighted by Gasteiger charge is 2.11. The number of hydrogen-bond acceptors (Lipinski definition) is 4. The Bertz CT molecular complexity index is 566. The summed E-state index contributed by atoms with van der Waals surface area (Å²) in [5.41, 5.74) is 2.19. The molecule has 1 aliphatic rings. The van der Waals surface area contributed by atoms with E-state index in [-0.39, 0.29) is 0 Å². The Morgan fingerprint density at radius 2 is 2.05 bits per heavy atom. The van der Waals surface area contributed by atoms with Crippen LogP contribution in [0.4, 0.5) is 5.69 Å². The first-order chi connectivity index (χ1) is 9.36. The number of ether oxygens (including phenoxy) is 2. The van der Waals surface area contributed by atoms with Gasteiger partial charge in [-0.1, -0.05) is 0 Å². The number of benzene rings is 1. The Balaban J connectivity index is 1.70. The van der Waals surface area contributed by atoms with Gasteiger partial charge in [0.15, 0.2) is 11.5 Å². The fourth-order valence-electron chi connectivity index (χ4n) is 2.14. The topological polar surface area (TPSA) is 48.3 Å². The van der Waals surface area contributed by atoms with Crippen LogP contribution >= 0.6 is 0 Å². The first kappa shape index (κ1) is 11.9. The second-order valence-electron chi connectivity index (χ2n) is 4.35. The van der Waals surface area contributed by atoms with Crippen molar-refractivity contribution in [3.63, 3.8) is 0 Å². The van der Waals surface area contributed by atoms with E-state index in [0.717, 1.165) is 36.0 Å². The van der Waals surface area contributed by atoms with Crippen LogP contribution in [0.2, 0.25) is 0 Å². The third-order valence-corrected chi connectivity index (χ3v) is 3.12. The molecule has 5 heteroatoms. The molecular formula is C14H17N3O2. The molecule has 0 fully saturated rings. The lowest BCUT2D eigenvalue weighted by atomic mass is 10.2. The van der Waals surface area contributed by atoms with Gasteiger partial charge in [0.1, 0.15) is 13.2 Å². The Morgan fingerprint density at radius 1 is 1.21 bits per heavy atom. The third-order valence-electron chi connectivity index (χ3n) is 3.12. The maximum Gasteiger partial charge on any atom is 0.163 e. The van der Waals surface area contributed by atoms with E-state index in [0.29, 0.717) is 13.2 Å². The number of aryl methyl sites for hydroxylation is 1. The molecule has 19 heavy (non-hydrogen) atoms. The van der Waals surface area contributed by atoms with E-state index < -0.39 is 0 Å². The van der Waals surface area contributed by atoms with Gasteiger partial charge in [-0.15, -0.1) is 0 Å². The van der Waals surface area contributed by atoms with Crippen LogP contribution in [0.15, 0.2) is 30.5 Å². The first-order valence-corrected chi connectivity index (χ1v) is 6.51.